The summed E-state index contributed by atoms with van der Waals surface area (Å²) in [6.45, 7) is 7.45. The highest BCUT2D eigenvalue weighted by atomic mass is 35.5. The van der Waals surface area contributed by atoms with Crippen molar-refractivity contribution in [1.82, 2.24) is 5.32 Å². The Morgan fingerprint density at radius 2 is 1.80 bits per heavy atom. The molecule has 1 amide bonds. The van der Waals surface area contributed by atoms with Crippen molar-refractivity contribution in [3.8, 4) is 0 Å². The van der Waals surface area contributed by atoms with Crippen LogP contribution < -0.4 is 5.32 Å². The molecule has 0 aliphatic rings. The van der Waals surface area contributed by atoms with Crippen molar-refractivity contribution in [2.75, 3.05) is 5.75 Å². The van der Waals surface area contributed by atoms with E-state index in [1.165, 1.54) is 0 Å². The third-order valence-electron chi connectivity index (χ3n) is 2.66. The molecule has 0 saturated heterocycles. The number of hydrogen-bond acceptors (Lipinski definition) is 3. The number of ether oxygens (including phenoxy) is 1. The van der Waals surface area contributed by atoms with E-state index >= 15 is 0 Å². The first kappa shape index (κ1) is 17.2. The molecule has 1 aromatic rings. The minimum atomic E-state index is -0.512. The van der Waals surface area contributed by atoms with Gasteiger partial charge < -0.3 is 10.1 Å². The molecule has 1 unspecified atom stereocenters. The van der Waals surface area contributed by atoms with Crippen LogP contribution >= 0.6 is 24.2 Å². The van der Waals surface area contributed by atoms with Crippen molar-refractivity contribution in [2.45, 2.75) is 45.3 Å². The van der Waals surface area contributed by atoms with Crippen LogP contribution in [0.5, 0.6) is 0 Å². The van der Waals surface area contributed by atoms with Gasteiger partial charge in [-0.25, -0.2) is 4.79 Å². The van der Waals surface area contributed by atoms with Gasteiger partial charge in [0, 0.05) is 10.8 Å². The lowest BCUT2D eigenvalue weighted by Crippen LogP contribution is -2.50. The van der Waals surface area contributed by atoms with E-state index in [4.69, 9.17) is 16.3 Å². The van der Waals surface area contributed by atoms with Crippen molar-refractivity contribution in [3.63, 3.8) is 0 Å². The summed E-state index contributed by atoms with van der Waals surface area (Å²) in [7, 11) is 0. The lowest BCUT2D eigenvalue weighted by atomic mass is 9.95. The first-order valence-corrected chi connectivity index (χ1v) is 7.51. The molecule has 20 heavy (non-hydrogen) atoms. The molecule has 1 N–H and O–H groups in total. The maximum absolute atomic E-state index is 11.9. The molecule has 1 rings (SSSR count). The Morgan fingerprint density at radius 3 is 2.25 bits per heavy atom. The van der Waals surface area contributed by atoms with E-state index in [2.05, 4.69) is 17.9 Å². The predicted molar refractivity (Wildman–Crippen MR) is 86.8 cm³/mol. The van der Waals surface area contributed by atoms with Crippen LogP contribution in [0, 0.1) is 0 Å². The Morgan fingerprint density at radius 1 is 1.25 bits per heavy atom. The van der Waals surface area contributed by atoms with E-state index in [1.54, 1.807) is 0 Å². The van der Waals surface area contributed by atoms with Gasteiger partial charge in [-0.15, -0.1) is 0 Å². The SMILES string of the molecule is CC(CS)(Cc1ccc(Cl)cc1)NC(=O)OC(C)(C)C. The number of amides is 1. The summed E-state index contributed by atoms with van der Waals surface area (Å²) in [5.74, 6) is 0.509. The molecule has 5 heteroatoms. The Kier molecular flexibility index (Phi) is 5.78. The molecule has 0 bridgehead atoms. The van der Waals surface area contributed by atoms with E-state index in [1.807, 2.05) is 52.0 Å². The van der Waals surface area contributed by atoms with Gasteiger partial charge in [-0.1, -0.05) is 23.7 Å². The molecule has 0 spiro atoms. The van der Waals surface area contributed by atoms with Gasteiger partial charge in [0.15, 0.2) is 0 Å². The molecule has 0 aromatic heterocycles. The van der Waals surface area contributed by atoms with E-state index < -0.39 is 17.2 Å². The lowest BCUT2D eigenvalue weighted by molar-refractivity contribution is 0.0474. The number of thiol groups is 1. The number of rotatable bonds is 4. The summed E-state index contributed by atoms with van der Waals surface area (Å²) in [4.78, 5) is 11.9. The first-order valence-electron chi connectivity index (χ1n) is 6.50. The van der Waals surface area contributed by atoms with Gasteiger partial charge in [0.1, 0.15) is 5.60 Å². The summed E-state index contributed by atoms with van der Waals surface area (Å²) in [6, 6.07) is 7.56. The number of alkyl carbamates (subject to hydrolysis) is 1. The van der Waals surface area contributed by atoms with Crippen LogP contribution in [0.1, 0.15) is 33.3 Å². The normalized spacial score (nSPS) is 14.5. The van der Waals surface area contributed by atoms with E-state index in [-0.39, 0.29) is 0 Å². The molecule has 0 aliphatic carbocycles. The number of carbonyl (C=O) groups excluding carboxylic acids is 1. The van der Waals surface area contributed by atoms with Crippen LogP contribution in [-0.2, 0) is 11.2 Å². The predicted octanol–water partition coefficient (Wildman–Crippen LogP) is 4.10. The zero-order valence-corrected chi connectivity index (χ0v) is 14.0. The van der Waals surface area contributed by atoms with Crippen LogP contribution in [-0.4, -0.2) is 23.0 Å². The summed E-state index contributed by atoms with van der Waals surface area (Å²) in [5.41, 5.74) is 0.100. The number of nitrogens with one attached hydrogen (secondary N) is 1. The lowest BCUT2D eigenvalue weighted by Gasteiger charge is -2.31. The van der Waals surface area contributed by atoms with Gasteiger partial charge >= 0.3 is 6.09 Å². The molecule has 1 aromatic carbocycles. The molecule has 0 heterocycles. The Labute approximate surface area is 131 Å². The molecule has 3 nitrogen and oxygen atoms in total. The Hall–Kier alpha value is -0.870. The maximum atomic E-state index is 11.9. The average molecular weight is 316 g/mol. The van der Waals surface area contributed by atoms with Gasteiger partial charge in [-0.05, 0) is 51.8 Å². The van der Waals surface area contributed by atoms with Gasteiger partial charge in [0.2, 0.25) is 0 Å². The number of halogens is 1. The van der Waals surface area contributed by atoms with Crippen molar-refractivity contribution in [1.29, 1.82) is 0 Å². The van der Waals surface area contributed by atoms with Crippen LogP contribution in [0.25, 0.3) is 0 Å². The quantitative estimate of drug-likeness (QED) is 0.821. The average Bonchev–Trinajstić information content (AvgIpc) is 2.29. The highest BCUT2D eigenvalue weighted by Gasteiger charge is 2.28. The summed E-state index contributed by atoms with van der Waals surface area (Å²) in [6.07, 6.45) is 0.232. The zero-order valence-electron chi connectivity index (χ0n) is 12.4. The van der Waals surface area contributed by atoms with Crippen molar-refractivity contribution in [3.05, 3.63) is 34.9 Å². The van der Waals surface area contributed by atoms with Crippen molar-refractivity contribution >= 4 is 30.3 Å². The standard InChI is InChI=1S/C15H22ClNO2S/c1-14(2,3)19-13(18)17-15(4,10-20)9-11-5-7-12(16)8-6-11/h5-8,20H,9-10H2,1-4H3,(H,17,18). The molecular formula is C15H22ClNO2S. The Balaban J connectivity index is 2.71. The minimum absolute atomic E-state index is 0.428. The molecule has 0 fully saturated rings. The Bertz CT molecular complexity index is 456. The zero-order chi connectivity index (χ0) is 15.4. The molecule has 112 valence electrons. The molecule has 1 atom stereocenters. The number of carbonyl (C=O) groups is 1. The van der Waals surface area contributed by atoms with E-state index in [0.717, 1.165) is 5.56 Å². The second kappa shape index (κ2) is 6.72. The van der Waals surface area contributed by atoms with Gasteiger partial charge in [0.05, 0.1) is 5.54 Å². The number of benzene rings is 1. The molecule has 0 saturated carbocycles. The van der Waals surface area contributed by atoms with Gasteiger partial charge in [-0.2, -0.15) is 12.6 Å². The third kappa shape index (κ3) is 6.06. The van der Waals surface area contributed by atoms with Gasteiger partial charge in [0.25, 0.3) is 0 Å². The third-order valence-corrected chi connectivity index (χ3v) is 3.61. The first-order chi connectivity index (χ1) is 9.13. The largest absolute Gasteiger partial charge is 0.444 e. The fraction of sp³-hybridized carbons (Fsp3) is 0.533. The van der Waals surface area contributed by atoms with Crippen LogP contribution in [0.2, 0.25) is 5.02 Å². The van der Waals surface area contributed by atoms with E-state index in [0.29, 0.717) is 17.2 Å². The fourth-order valence-corrected chi connectivity index (χ4v) is 2.06. The smallest absolute Gasteiger partial charge is 0.408 e. The monoisotopic (exact) mass is 315 g/mol. The summed E-state index contributed by atoms with van der Waals surface area (Å²) in [5, 5.41) is 3.59. The van der Waals surface area contributed by atoms with Crippen molar-refractivity contribution < 1.29 is 9.53 Å². The van der Waals surface area contributed by atoms with Crippen LogP contribution in [0.4, 0.5) is 4.79 Å². The fourth-order valence-electron chi connectivity index (χ4n) is 1.74. The highest BCUT2D eigenvalue weighted by Crippen LogP contribution is 2.18. The summed E-state index contributed by atoms with van der Waals surface area (Å²) >= 11 is 10.2. The minimum Gasteiger partial charge on any atom is -0.444 e. The van der Waals surface area contributed by atoms with E-state index in [9.17, 15) is 4.79 Å². The molecule has 0 aliphatic heterocycles. The second-order valence-electron chi connectivity index (χ2n) is 6.15. The summed E-state index contributed by atoms with van der Waals surface area (Å²) < 4.78 is 5.29. The van der Waals surface area contributed by atoms with Gasteiger partial charge in [-0.3, -0.25) is 0 Å². The van der Waals surface area contributed by atoms with Crippen molar-refractivity contribution in [2.24, 2.45) is 0 Å². The maximum Gasteiger partial charge on any atom is 0.408 e. The topological polar surface area (TPSA) is 38.3 Å². The van der Waals surface area contributed by atoms with Crippen LogP contribution in [0.3, 0.4) is 0 Å². The highest BCUT2D eigenvalue weighted by molar-refractivity contribution is 7.80. The molecular weight excluding hydrogens is 294 g/mol. The molecule has 0 radical (unpaired) electrons. The second-order valence-corrected chi connectivity index (χ2v) is 6.90. The number of hydrogen-bond donors (Lipinski definition) is 2. The van der Waals surface area contributed by atoms with Crippen LogP contribution in [0.15, 0.2) is 24.3 Å².